The Hall–Kier alpha value is -4.64. The molecule has 1 N–H and O–H groups in total. The number of rotatable bonds is 5. The van der Waals surface area contributed by atoms with Gasteiger partial charge in [0, 0.05) is 6.42 Å². The highest BCUT2D eigenvalue weighted by Crippen LogP contribution is 2.40. The minimum atomic E-state index is -5.97. The topological polar surface area (TPSA) is 66.5 Å². The van der Waals surface area contributed by atoms with Crippen LogP contribution in [-0.2, 0) is 29.7 Å². The molecule has 44 heavy (non-hydrogen) atoms. The summed E-state index contributed by atoms with van der Waals surface area (Å²) in [4.78, 5) is 39.3. The van der Waals surface area contributed by atoms with Gasteiger partial charge < -0.3 is 5.32 Å². The molecule has 1 atom stereocenters. The van der Waals surface area contributed by atoms with Gasteiger partial charge in [-0.3, -0.25) is 19.3 Å². The molecule has 0 aromatic heterocycles. The molecule has 18 heteroatoms. The third-order valence-electron chi connectivity index (χ3n) is 6.31. The normalized spacial score (nSPS) is 14.6. The van der Waals surface area contributed by atoms with E-state index in [-0.39, 0.29) is 23.1 Å². The average molecular weight is 646 g/mol. The molecule has 0 aliphatic carbocycles. The predicted molar refractivity (Wildman–Crippen MR) is 121 cm³/mol. The fourth-order valence-electron chi connectivity index (χ4n) is 4.35. The summed E-state index contributed by atoms with van der Waals surface area (Å²) in [5.41, 5.74) is -10.8. The van der Waals surface area contributed by atoms with E-state index in [0.717, 1.165) is 12.1 Å². The van der Waals surface area contributed by atoms with Crippen molar-refractivity contribution in [3.8, 4) is 0 Å². The largest absolute Gasteiger partial charge is 0.422 e. The summed E-state index contributed by atoms with van der Waals surface area (Å²) in [5.74, 6) is -16.4. The first-order valence-corrected chi connectivity index (χ1v) is 11.6. The van der Waals surface area contributed by atoms with E-state index in [9.17, 15) is 71.5 Å². The average Bonchev–Trinajstić information content (AvgIpc) is 3.16. The minimum Gasteiger partial charge on any atom is -0.319 e. The molecule has 3 aromatic rings. The van der Waals surface area contributed by atoms with Gasteiger partial charge in [0.25, 0.3) is 11.8 Å². The molecule has 5 nitrogen and oxygen atoms in total. The zero-order valence-electron chi connectivity index (χ0n) is 20.9. The van der Waals surface area contributed by atoms with Crippen molar-refractivity contribution in [3.05, 3.63) is 99.1 Å². The molecule has 0 saturated heterocycles. The van der Waals surface area contributed by atoms with Gasteiger partial charge in [-0.2, -0.15) is 39.5 Å². The number of benzene rings is 3. The maximum atomic E-state index is 14.5. The Morgan fingerprint density at radius 2 is 1.11 bits per heavy atom. The number of anilines is 1. The molecule has 234 valence electrons. The molecule has 1 aliphatic rings. The Labute approximate surface area is 235 Å². The number of nitrogens with zero attached hydrogens (tertiary/aromatic N) is 1. The number of halogens is 13. The minimum absolute atomic E-state index is 0.000130. The Morgan fingerprint density at radius 3 is 1.50 bits per heavy atom. The zero-order chi connectivity index (χ0) is 33.1. The summed E-state index contributed by atoms with van der Waals surface area (Å²) >= 11 is 0. The van der Waals surface area contributed by atoms with Crippen molar-refractivity contribution in [2.45, 2.75) is 31.0 Å². The lowest BCUT2D eigenvalue weighted by molar-refractivity contribution is -0.144. The van der Waals surface area contributed by atoms with Crippen molar-refractivity contribution in [3.63, 3.8) is 0 Å². The molecule has 3 amide bonds. The van der Waals surface area contributed by atoms with Gasteiger partial charge in [0.1, 0.15) is 17.3 Å². The summed E-state index contributed by atoms with van der Waals surface area (Å²) in [6.45, 7) is 0. The van der Waals surface area contributed by atoms with Gasteiger partial charge >= 0.3 is 18.5 Å². The van der Waals surface area contributed by atoms with Crippen molar-refractivity contribution in [1.82, 2.24) is 4.90 Å². The summed E-state index contributed by atoms with van der Waals surface area (Å²) in [6, 6.07) is 1.87. The molecule has 0 fully saturated rings. The SMILES string of the molecule is O=C(Nc1c(F)c(F)c(C(F)(F)F)c(F)c1F)[C@H](Cc1cc(C(F)(F)F)cc(C(F)(F)F)c1)N1C(=O)c2ccccc2C1=O. The maximum absolute atomic E-state index is 14.5. The van der Waals surface area contributed by atoms with E-state index in [2.05, 4.69) is 0 Å². The second-order valence-corrected chi connectivity index (χ2v) is 9.15. The van der Waals surface area contributed by atoms with E-state index in [1.807, 2.05) is 0 Å². The van der Waals surface area contributed by atoms with Crippen LogP contribution in [0.15, 0.2) is 42.5 Å². The summed E-state index contributed by atoms with van der Waals surface area (Å²) in [6.07, 6.45) is -18.2. The van der Waals surface area contributed by atoms with E-state index >= 15 is 0 Å². The monoisotopic (exact) mass is 646 g/mol. The van der Waals surface area contributed by atoms with Crippen LogP contribution in [-0.4, -0.2) is 28.7 Å². The molecule has 0 bridgehead atoms. The lowest BCUT2D eigenvalue weighted by Gasteiger charge is -2.26. The first kappa shape index (κ1) is 32.3. The third-order valence-corrected chi connectivity index (χ3v) is 6.31. The van der Waals surface area contributed by atoms with Crippen LogP contribution >= 0.6 is 0 Å². The molecule has 0 radical (unpaired) electrons. The van der Waals surface area contributed by atoms with E-state index in [0.29, 0.717) is 0 Å². The summed E-state index contributed by atoms with van der Waals surface area (Å²) < 4.78 is 177. The van der Waals surface area contributed by atoms with Crippen LogP contribution in [0.3, 0.4) is 0 Å². The second-order valence-electron chi connectivity index (χ2n) is 9.15. The van der Waals surface area contributed by atoms with Crippen LogP contribution in [0.5, 0.6) is 0 Å². The van der Waals surface area contributed by atoms with Crippen molar-refractivity contribution in [1.29, 1.82) is 0 Å². The van der Waals surface area contributed by atoms with E-state index in [1.54, 1.807) is 0 Å². The maximum Gasteiger partial charge on any atom is 0.422 e. The fraction of sp³-hybridized carbons (Fsp3) is 0.192. The molecule has 1 heterocycles. The van der Waals surface area contributed by atoms with Crippen molar-refractivity contribution >= 4 is 23.4 Å². The van der Waals surface area contributed by atoms with Gasteiger partial charge in [-0.25, -0.2) is 17.6 Å². The Balaban J connectivity index is 1.86. The number of carbonyl (C=O) groups excluding carboxylic acids is 3. The van der Waals surface area contributed by atoms with Crippen LogP contribution in [0.2, 0.25) is 0 Å². The number of nitrogens with one attached hydrogen (secondary N) is 1. The number of imide groups is 1. The number of fused-ring (bicyclic) bond motifs is 1. The molecular weight excluding hydrogens is 635 g/mol. The lowest BCUT2D eigenvalue weighted by Crippen LogP contribution is -2.48. The highest BCUT2D eigenvalue weighted by molar-refractivity contribution is 6.23. The van der Waals surface area contributed by atoms with Crippen molar-refractivity contribution in [2.75, 3.05) is 5.32 Å². The van der Waals surface area contributed by atoms with Crippen LogP contribution in [0.4, 0.5) is 62.8 Å². The standard InChI is InChI=1S/C26H11F13N2O3/c27-16-15(26(37,38)39)17(28)19(30)20(18(16)29)40-21(42)14(41-22(43)12-3-1-2-4-13(12)23(41)44)7-9-5-10(24(31,32)33)8-11(6-9)25(34,35)36/h1-6,8,14H,7H2,(H,40,42)/t14-/m0/s1. The Bertz CT molecular complexity index is 1600. The van der Waals surface area contributed by atoms with E-state index < -0.39 is 111 Å². The molecule has 0 spiro atoms. The number of alkyl halides is 9. The van der Waals surface area contributed by atoms with Crippen LogP contribution in [0.1, 0.15) is 43.0 Å². The Kier molecular flexibility index (Phi) is 7.93. The van der Waals surface area contributed by atoms with Gasteiger partial charge in [0.2, 0.25) is 5.91 Å². The van der Waals surface area contributed by atoms with Crippen LogP contribution in [0.25, 0.3) is 0 Å². The van der Waals surface area contributed by atoms with Crippen LogP contribution < -0.4 is 5.32 Å². The number of hydrogen-bond donors (Lipinski definition) is 1. The third kappa shape index (κ3) is 5.79. The molecule has 1 aliphatic heterocycles. The smallest absolute Gasteiger partial charge is 0.319 e. The molecule has 4 rings (SSSR count). The molecule has 0 unspecified atom stereocenters. The molecule has 3 aromatic carbocycles. The van der Waals surface area contributed by atoms with Gasteiger partial charge in [-0.1, -0.05) is 12.1 Å². The zero-order valence-corrected chi connectivity index (χ0v) is 20.9. The highest BCUT2D eigenvalue weighted by atomic mass is 19.4. The number of carbonyl (C=O) groups is 3. The summed E-state index contributed by atoms with van der Waals surface area (Å²) in [7, 11) is 0. The van der Waals surface area contributed by atoms with Gasteiger partial charge in [0.15, 0.2) is 23.3 Å². The van der Waals surface area contributed by atoms with Gasteiger partial charge in [0.05, 0.1) is 22.3 Å². The van der Waals surface area contributed by atoms with Gasteiger partial charge in [-0.15, -0.1) is 0 Å². The van der Waals surface area contributed by atoms with Crippen molar-refractivity contribution in [2.24, 2.45) is 0 Å². The van der Waals surface area contributed by atoms with Crippen molar-refractivity contribution < 1.29 is 71.5 Å². The first-order chi connectivity index (χ1) is 20.1. The van der Waals surface area contributed by atoms with Crippen LogP contribution in [0, 0.1) is 23.3 Å². The highest BCUT2D eigenvalue weighted by Gasteiger charge is 2.46. The van der Waals surface area contributed by atoms with E-state index in [1.165, 1.54) is 17.4 Å². The number of amides is 3. The van der Waals surface area contributed by atoms with E-state index in [4.69, 9.17) is 0 Å². The predicted octanol–water partition coefficient (Wildman–Crippen LogP) is 7.15. The fourth-order valence-corrected chi connectivity index (χ4v) is 4.35. The molecule has 0 saturated carbocycles. The Morgan fingerprint density at radius 1 is 0.682 bits per heavy atom. The quantitative estimate of drug-likeness (QED) is 0.182. The number of hydrogen-bond acceptors (Lipinski definition) is 3. The first-order valence-electron chi connectivity index (χ1n) is 11.6. The second kappa shape index (κ2) is 10.8. The summed E-state index contributed by atoms with van der Waals surface area (Å²) in [5, 5.41) is 1.17. The van der Waals surface area contributed by atoms with Gasteiger partial charge in [-0.05, 0) is 35.9 Å². The lowest BCUT2D eigenvalue weighted by atomic mass is 9.98. The molecular formula is C26H11F13N2O3.